The summed E-state index contributed by atoms with van der Waals surface area (Å²) in [6.07, 6.45) is 0.499. The molecule has 0 fully saturated rings. The number of hydrogen-bond acceptors (Lipinski definition) is 7. The molecule has 10 heteroatoms. The lowest BCUT2D eigenvalue weighted by Crippen LogP contribution is -2.26. The van der Waals surface area contributed by atoms with Gasteiger partial charge >= 0.3 is 0 Å². The summed E-state index contributed by atoms with van der Waals surface area (Å²) in [4.78, 5) is 4.66. The normalized spacial score (nSPS) is 12.7. The summed E-state index contributed by atoms with van der Waals surface area (Å²) in [5.41, 5.74) is 1.06. The minimum atomic E-state index is -3.60. The van der Waals surface area contributed by atoms with Crippen LogP contribution in [0.15, 0.2) is 47.4 Å². The van der Waals surface area contributed by atoms with Crippen LogP contribution in [-0.4, -0.2) is 33.3 Å². The molecule has 2 aromatic carbocycles. The average Bonchev–Trinajstić information content (AvgIpc) is 3.18. The molecule has 2 N–H and O–H groups in total. The van der Waals surface area contributed by atoms with E-state index in [1.165, 1.54) is 24.3 Å². The van der Waals surface area contributed by atoms with E-state index in [0.29, 0.717) is 46.4 Å². The fraction of sp³-hybridized carbons (Fsp3) is 0.200. The number of sulfonamides is 1. The van der Waals surface area contributed by atoms with Gasteiger partial charge in [-0.1, -0.05) is 11.6 Å². The van der Waals surface area contributed by atoms with Crippen LogP contribution in [0.3, 0.4) is 0 Å². The van der Waals surface area contributed by atoms with Gasteiger partial charge < -0.3 is 14.8 Å². The summed E-state index contributed by atoms with van der Waals surface area (Å²) in [5, 5.41) is 13.8. The standard InChI is InChI=1S/C20H17ClN4O4S/c21-15-2-4-16(5-3-15)30(26,27)24-7-1-6-23-20-14(11-22)8-13-9-18-19(29-12-28-18)10-17(13)25-20/h2-5,8-10,24H,1,6-7,12H2,(H,23,25). The van der Waals surface area contributed by atoms with Crippen molar-refractivity contribution in [2.75, 3.05) is 25.2 Å². The van der Waals surface area contributed by atoms with Crippen molar-refractivity contribution < 1.29 is 17.9 Å². The summed E-state index contributed by atoms with van der Waals surface area (Å²) in [6.45, 7) is 0.820. The number of aromatic nitrogens is 1. The van der Waals surface area contributed by atoms with Crippen molar-refractivity contribution in [1.82, 2.24) is 9.71 Å². The molecule has 8 nitrogen and oxygen atoms in total. The first-order valence-electron chi connectivity index (χ1n) is 9.10. The Kier molecular flexibility index (Phi) is 5.63. The Morgan fingerprint density at radius 2 is 1.83 bits per heavy atom. The van der Waals surface area contributed by atoms with E-state index in [1.807, 2.05) is 0 Å². The van der Waals surface area contributed by atoms with Crippen molar-refractivity contribution in [3.05, 3.63) is 53.1 Å². The van der Waals surface area contributed by atoms with E-state index < -0.39 is 10.0 Å². The molecule has 0 unspecified atom stereocenters. The number of ether oxygens (including phenoxy) is 2. The summed E-state index contributed by atoms with van der Waals surface area (Å²) in [7, 11) is -3.60. The molecule has 1 aliphatic rings. The highest BCUT2D eigenvalue weighted by atomic mass is 35.5. The van der Waals surface area contributed by atoms with Gasteiger partial charge in [0.1, 0.15) is 11.9 Å². The second-order valence-corrected chi connectivity index (χ2v) is 8.73. The van der Waals surface area contributed by atoms with Crippen LogP contribution in [0.2, 0.25) is 5.02 Å². The minimum absolute atomic E-state index is 0.154. The quantitative estimate of drug-likeness (QED) is 0.537. The number of hydrogen-bond donors (Lipinski definition) is 2. The topological polar surface area (TPSA) is 113 Å². The van der Waals surface area contributed by atoms with Crippen LogP contribution in [-0.2, 0) is 10.0 Å². The zero-order valence-corrected chi connectivity index (χ0v) is 17.3. The minimum Gasteiger partial charge on any atom is -0.454 e. The molecule has 30 heavy (non-hydrogen) atoms. The smallest absolute Gasteiger partial charge is 0.240 e. The van der Waals surface area contributed by atoms with Crippen LogP contribution < -0.4 is 19.5 Å². The summed E-state index contributed by atoms with van der Waals surface area (Å²) in [5.74, 6) is 1.67. The Morgan fingerprint density at radius 1 is 1.10 bits per heavy atom. The first-order chi connectivity index (χ1) is 14.5. The SMILES string of the molecule is N#Cc1cc2cc3c(cc2nc1NCCCNS(=O)(=O)c1ccc(Cl)cc1)OCO3. The van der Waals surface area contributed by atoms with Gasteiger partial charge in [0.15, 0.2) is 11.5 Å². The molecule has 4 rings (SSSR count). The van der Waals surface area contributed by atoms with Gasteiger partial charge in [0.25, 0.3) is 0 Å². The largest absolute Gasteiger partial charge is 0.454 e. The molecule has 0 saturated carbocycles. The van der Waals surface area contributed by atoms with Crippen LogP contribution in [0.5, 0.6) is 11.5 Å². The third-order valence-electron chi connectivity index (χ3n) is 4.49. The highest BCUT2D eigenvalue weighted by Gasteiger charge is 2.17. The maximum Gasteiger partial charge on any atom is 0.240 e. The lowest BCUT2D eigenvalue weighted by molar-refractivity contribution is 0.174. The molecular weight excluding hydrogens is 428 g/mol. The predicted octanol–water partition coefficient (Wildman–Crippen LogP) is 3.27. The maximum atomic E-state index is 12.3. The van der Waals surface area contributed by atoms with Crippen molar-refractivity contribution in [1.29, 1.82) is 5.26 Å². The van der Waals surface area contributed by atoms with Crippen molar-refractivity contribution in [2.24, 2.45) is 0 Å². The monoisotopic (exact) mass is 444 g/mol. The molecule has 0 saturated heterocycles. The van der Waals surface area contributed by atoms with Crippen molar-refractivity contribution in [2.45, 2.75) is 11.3 Å². The van der Waals surface area contributed by atoms with Crippen molar-refractivity contribution in [3.63, 3.8) is 0 Å². The Balaban J connectivity index is 1.38. The second kappa shape index (κ2) is 8.36. The zero-order valence-electron chi connectivity index (χ0n) is 15.7. The van der Waals surface area contributed by atoms with E-state index in [2.05, 4.69) is 21.1 Å². The van der Waals surface area contributed by atoms with E-state index in [-0.39, 0.29) is 18.2 Å². The van der Waals surface area contributed by atoms with Gasteiger partial charge in [0, 0.05) is 29.6 Å². The Bertz CT molecular complexity index is 1240. The predicted molar refractivity (Wildman–Crippen MR) is 112 cm³/mol. The third kappa shape index (κ3) is 4.26. The first-order valence-corrected chi connectivity index (χ1v) is 11.0. The summed E-state index contributed by atoms with van der Waals surface area (Å²) >= 11 is 5.79. The molecule has 154 valence electrons. The van der Waals surface area contributed by atoms with E-state index >= 15 is 0 Å². The van der Waals surface area contributed by atoms with Crippen LogP contribution in [0, 0.1) is 11.3 Å². The van der Waals surface area contributed by atoms with E-state index in [1.54, 1.807) is 18.2 Å². The lowest BCUT2D eigenvalue weighted by Gasteiger charge is -2.10. The number of benzene rings is 2. The molecule has 0 aliphatic carbocycles. The number of nitrogens with zero attached hydrogens (tertiary/aromatic N) is 2. The molecule has 0 radical (unpaired) electrons. The fourth-order valence-electron chi connectivity index (χ4n) is 2.98. The highest BCUT2D eigenvalue weighted by molar-refractivity contribution is 7.89. The number of nitriles is 1. The lowest BCUT2D eigenvalue weighted by atomic mass is 10.1. The molecule has 2 heterocycles. The number of nitrogens with one attached hydrogen (secondary N) is 2. The van der Waals surface area contributed by atoms with Crippen LogP contribution in [0.25, 0.3) is 10.9 Å². The van der Waals surface area contributed by atoms with Gasteiger partial charge in [0.05, 0.1) is 16.0 Å². The Labute approximate surface area is 178 Å². The van der Waals surface area contributed by atoms with Gasteiger partial charge in [-0.15, -0.1) is 0 Å². The maximum absolute atomic E-state index is 12.3. The van der Waals surface area contributed by atoms with Crippen molar-refractivity contribution in [3.8, 4) is 17.6 Å². The molecule has 1 aromatic heterocycles. The highest BCUT2D eigenvalue weighted by Crippen LogP contribution is 2.36. The molecule has 0 bridgehead atoms. The summed E-state index contributed by atoms with van der Waals surface area (Å²) < 4.78 is 37.8. The van der Waals surface area contributed by atoms with Gasteiger partial charge in [-0.25, -0.2) is 18.1 Å². The number of halogens is 1. The van der Waals surface area contributed by atoms with Gasteiger partial charge in [-0.2, -0.15) is 5.26 Å². The Morgan fingerprint density at radius 3 is 2.57 bits per heavy atom. The van der Waals surface area contributed by atoms with Crippen LogP contribution in [0.1, 0.15) is 12.0 Å². The molecule has 1 aliphatic heterocycles. The first kappa shape index (κ1) is 20.2. The number of rotatable bonds is 7. The van der Waals surface area contributed by atoms with Gasteiger partial charge in [-0.3, -0.25) is 0 Å². The van der Waals surface area contributed by atoms with Crippen molar-refractivity contribution >= 4 is 38.3 Å². The van der Waals surface area contributed by atoms with Crippen LogP contribution in [0.4, 0.5) is 5.82 Å². The Hall–Kier alpha value is -3.06. The number of fused-ring (bicyclic) bond motifs is 2. The average molecular weight is 445 g/mol. The van der Waals surface area contributed by atoms with Gasteiger partial charge in [0.2, 0.25) is 16.8 Å². The molecule has 0 amide bonds. The number of pyridine rings is 1. The van der Waals surface area contributed by atoms with E-state index in [4.69, 9.17) is 21.1 Å². The third-order valence-corrected chi connectivity index (χ3v) is 6.22. The molecule has 0 spiro atoms. The van der Waals surface area contributed by atoms with E-state index in [0.717, 1.165) is 5.39 Å². The van der Waals surface area contributed by atoms with Gasteiger partial charge in [-0.05, 0) is 42.8 Å². The molecule has 3 aromatic rings. The molecule has 0 atom stereocenters. The van der Waals surface area contributed by atoms with E-state index in [9.17, 15) is 13.7 Å². The zero-order chi connectivity index (χ0) is 21.1. The second-order valence-electron chi connectivity index (χ2n) is 6.53. The molecular formula is C20H17ClN4O4S. The van der Waals surface area contributed by atoms with Crippen LogP contribution >= 0.6 is 11.6 Å². The fourth-order valence-corrected chi connectivity index (χ4v) is 4.18. The summed E-state index contributed by atoms with van der Waals surface area (Å²) in [6, 6.07) is 13.4. The number of anilines is 1.